The Hall–Kier alpha value is -0.290. The zero-order valence-corrected chi connectivity index (χ0v) is 17.7. The van der Waals surface area contributed by atoms with Gasteiger partial charge < -0.3 is 19.8 Å². The third-order valence-electron chi connectivity index (χ3n) is 4.71. The first-order valence-electron chi connectivity index (χ1n) is 10.1. The van der Waals surface area contributed by atoms with Gasteiger partial charge in [-0.1, -0.05) is 58.3 Å². The highest BCUT2D eigenvalue weighted by Crippen LogP contribution is 2.13. The van der Waals surface area contributed by atoms with Crippen molar-refractivity contribution in [3.8, 4) is 0 Å². The summed E-state index contributed by atoms with van der Waals surface area (Å²) in [6, 6.07) is 0. The molecule has 0 aliphatic heterocycles. The van der Waals surface area contributed by atoms with E-state index >= 15 is 0 Å². The average molecular weight is 417 g/mol. The molecule has 0 atom stereocenters. The quantitative estimate of drug-likeness (QED) is 0.139. The van der Waals surface area contributed by atoms with Crippen molar-refractivity contribution in [2.24, 2.45) is 0 Å². The number of aliphatic hydroxyl groups is 3. The van der Waals surface area contributed by atoms with Crippen LogP contribution in [-0.2, 0) is 10.4 Å². The number of unbranched alkanes of at least 4 members (excludes halogenated alkanes) is 9. The Morgan fingerprint density at radius 3 is 1.19 bits per heavy atom. The van der Waals surface area contributed by atoms with Gasteiger partial charge in [0, 0.05) is 0 Å². The number of hydrogen-bond donors (Lipinski definition) is 5. The molecular formula is C18H42NO7S+. The van der Waals surface area contributed by atoms with E-state index < -0.39 is 10.4 Å². The molecule has 0 rings (SSSR count). The zero-order valence-electron chi connectivity index (χ0n) is 16.9. The fourth-order valence-electron chi connectivity index (χ4n) is 3.24. The largest absolute Gasteiger partial charge is 0.394 e. The number of nitrogens with zero attached hydrogens (tertiary/aromatic N) is 1. The highest BCUT2D eigenvalue weighted by molar-refractivity contribution is 7.79. The van der Waals surface area contributed by atoms with Gasteiger partial charge in [0.1, 0.15) is 19.6 Å². The molecule has 0 aliphatic carbocycles. The highest BCUT2D eigenvalue weighted by atomic mass is 32.3. The Kier molecular flexibility index (Phi) is 20.4. The first-order valence-corrected chi connectivity index (χ1v) is 11.5. The molecule has 166 valence electrons. The Bertz CT molecular complexity index is 379. The third kappa shape index (κ3) is 23.7. The summed E-state index contributed by atoms with van der Waals surface area (Å²) in [6.07, 6.45) is 13.1. The monoisotopic (exact) mass is 416 g/mol. The minimum atomic E-state index is -4.67. The van der Waals surface area contributed by atoms with E-state index in [-0.39, 0.29) is 19.8 Å². The van der Waals surface area contributed by atoms with Gasteiger partial charge in [-0.05, 0) is 12.8 Å². The van der Waals surface area contributed by atoms with E-state index in [0.717, 1.165) is 13.0 Å². The van der Waals surface area contributed by atoms with Crippen LogP contribution in [0.5, 0.6) is 0 Å². The molecule has 0 aromatic carbocycles. The lowest BCUT2D eigenvalue weighted by atomic mass is 10.1. The van der Waals surface area contributed by atoms with Crippen LogP contribution in [0.25, 0.3) is 0 Å². The second kappa shape index (κ2) is 19.0. The molecule has 0 radical (unpaired) electrons. The molecule has 0 fully saturated rings. The summed E-state index contributed by atoms with van der Waals surface area (Å²) in [6.45, 7) is 5.49. The summed E-state index contributed by atoms with van der Waals surface area (Å²) in [5, 5.41) is 27.7. The predicted molar refractivity (Wildman–Crippen MR) is 107 cm³/mol. The fraction of sp³-hybridized carbons (Fsp3) is 1.00. The van der Waals surface area contributed by atoms with E-state index in [1.165, 1.54) is 57.8 Å². The van der Waals surface area contributed by atoms with E-state index in [2.05, 4.69) is 6.92 Å². The topological polar surface area (TPSA) is 135 Å². The number of hydrogen-bond acceptors (Lipinski definition) is 5. The molecule has 0 spiro atoms. The first-order chi connectivity index (χ1) is 12.7. The van der Waals surface area contributed by atoms with Crippen molar-refractivity contribution in [2.75, 3.05) is 46.0 Å². The summed E-state index contributed by atoms with van der Waals surface area (Å²) in [5.41, 5.74) is 0. The fourth-order valence-corrected chi connectivity index (χ4v) is 3.24. The normalized spacial score (nSPS) is 11.9. The SMILES string of the molecule is CCCCCCCCCCCC[N+](CCO)(CCO)CCO.O=S(=O)(O)O. The molecule has 27 heavy (non-hydrogen) atoms. The van der Waals surface area contributed by atoms with Gasteiger partial charge in [-0.15, -0.1) is 0 Å². The Morgan fingerprint density at radius 1 is 0.593 bits per heavy atom. The molecule has 0 unspecified atom stereocenters. The molecule has 0 amide bonds. The van der Waals surface area contributed by atoms with Crippen LogP contribution in [0.2, 0.25) is 0 Å². The van der Waals surface area contributed by atoms with Crippen LogP contribution in [0.1, 0.15) is 71.1 Å². The second-order valence-electron chi connectivity index (χ2n) is 7.04. The summed E-state index contributed by atoms with van der Waals surface area (Å²) in [5.74, 6) is 0. The lowest BCUT2D eigenvalue weighted by Gasteiger charge is -2.37. The average Bonchev–Trinajstić information content (AvgIpc) is 2.56. The zero-order chi connectivity index (χ0) is 21.0. The van der Waals surface area contributed by atoms with Crippen LogP contribution in [0.15, 0.2) is 0 Å². The molecule has 0 aliphatic rings. The first kappa shape index (κ1) is 28.9. The van der Waals surface area contributed by atoms with Crippen LogP contribution in [0.3, 0.4) is 0 Å². The summed E-state index contributed by atoms with van der Waals surface area (Å²) >= 11 is 0. The Labute approximate surface area is 165 Å². The maximum Gasteiger partial charge on any atom is 0.394 e. The minimum Gasteiger partial charge on any atom is -0.391 e. The molecule has 0 bridgehead atoms. The van der Waals surface area contributed by atoms with Gasteiger partial charge >= 0.3 is 10.4 Å². The van der Waals surface area contributed by atoms with Crippen molar-refractivity contribution in [3.63, 3.8) is 0 Å². The van der Waals surface area contributed by atoms with Crippen molar-refractivity contribution in [2.45, 2.75) is 71.1 Å². The lowest BCUT2D eigenvalue weighted by molar-refractivity contribution is -0.929. The lowest BCUT2D eigenvalue weighted by Crippen LogP contribution is -2.53. The molecular weight excluding hydrogens is 374 g/mol. The van der Waals surface area contributed by atoms with Crippen LogP contribution in [0.4, 0.5) is 0 Å². The maximum atomic E-state index is 9.24. The second-order valence-corrected chi connectivity index (χ2v) is 7.93. The van der Waals surface area contributed by atoms with Gasteiger partial charge in [0.05, 0.1) is 26.4 Å². The molecule has 0 aromatic heterocycles. The van der Waals surface area contributed by atoms with Crippen molar-refractivity contribution < 1.29 is 37.3 Å². The van der Waals surface area contributed by atoms with Crippen molar-refractivity contribution >= 4 is 10.4 Å². The van der Waals surface area contributed by atoms with Gasteiger partial charge in [0.25, 0.3) is 0 Å². The number of rotatable bonds is 17. The Morgan fingerprint density at radius 2 is 0.889 bits per heavy atom. The van der Waals surface area contributed by atoms with E-state index in [1.807, 2.05) is 0 Å². The maximum absolute atomic E-state index is 9.24. The van der Waals surface area contributed by atoms with Crippen LogP contribution < -0.4 is 0 Å². The molecule has 8 nitrogen and oxygen atoms in total. The third-order valence-corrected chi connectivity index (χ3v) is 4.71. The highest BCUT2D eigenvalue weighted by Gasteiger charge is 2.25. The van der Waals surface area contributed by atoms with Crippen molar-refractivity contribution in [3.05, 3.63) is 0 Å². The van der Waals surface area contributed by atoms with Crippen LogP contribution in [0, 0.1) is 0 Å². The molecule has 0 saturated carbocycles. The Balaban J connectivity index is 0. The molecule has 0 aromatic rings. The standard InChI is InChI=1S/C18H40NO3.H2O4S/c1-2-3-4-5-6-7-8-9-10-11-12-19(13-16-20,14-17-21)15-18-22;1-5(2,3)4/h20-22H,2-18H2,1H3;(H2,1,2,3,4)/q+1;. The van der Waals surface area contributed by atoms with Gasteiger partial charge in [0.2, 0.25) is 0 Å². The van der Waals surface area contributed by atoms with E-state index in [4.69, 9.17) is 17.5 Å². The number of quaternary nitrogens is 1. The molecule has 0 heterocycles. The van der Waals surface area contributed by atoms with Gasteiger partial charge in [0.15, 0.2) is 0 Å². The van der Waals surface area contributed by atoms with E-state index in [9.17, 15) is 15.3 Å². The molecule has 9 heteroatoms. The van der Waals surface area contributed by atoms with Crippen LogP contribution in [-0.4, -0.2) is 83.3 Å². The van der Waals surface area contributed by atoms with Gasteiger partial charge in [-0.2, -0.15) is 8.42 Å². The minimum absolute atomic E-state index is 0.123. The van der Waals surface area contributed by atoms with Crippen molar-refractivity contribution in [1.82, 2.24) is 0 Å². The summed E-state index contributed by atoms with van der Waals surface area (Å²) < 4.78 is 32.2. The smallest absolute Gasteiger partial charge is 0.391 e. The van der Waals surface area contributed by atoms with E-state index in [0.29, 0.717) is 24.1 Å². The molecule has 5 N–H and O–H groups in total. The predicted octanol–water partition coefficient (Wildman–Crippen LogP) is 2.05. The number of aliphatic hydroxyl groups excluding tert-OH is 3. The van der Waals surface area contributed by atoms with Crippen LogP contribution >= 0.6 is 0 Å². The summed E-state index contributed by atoms with van der Waals surface area (Å²) in [4.78, 5) is 0. The van der Waals surface area contributed by atoms with Crippen molar-refractivity contribution in [1.29, 1.82) is 0 Å². The molecule has 0 saturated heterocycles. The van der Waals surface area contributed by atoms with Gasteiger partial charge in [-0.3, -0.25) is 9.11 Å². The van der Waals surface area contributed by atoms with Gasteiger partial charge in [-0.25, -0.2) is 0 Å². The summed E-state index contributed by atoms with van der Waals surface area (Å²) in [7, 11) is -4.67. The van der Waals surface area contributed by atoms with E-state index in [1.54, 1.807) is 0 Å².